The molecule has 0 unspecified atom stereocenters. The lowest BCUT2D eigenvalue weighted by molar-refractivity contribution is 0.284. The van der Waals surface area contributed by atoms with Gasteiger partial charge in [-0.15, -0.1) is 0 Å². The van der Waals surface area contributed by atoms with Gasteiger partial charge in [0, 0.05) is 19.0 Å². The van der Waals surface area contributed by atoms with Crippen molar-refractivity contribution in [1.82, 2.24) is 4.98 Å². The standard InChI is InChI=1S/C11H18N2OS/c1-7(2)13(3)11-12-10(8-4-5-8)9(6-14)15-11/h7-8,14H,4-6H2,1-3H3. The second-order valence-corrected chi connectivity index (χ2v) is 5.50. The third-order valence-electron chi connectivity index (χ3n) is 2.90. The first-order valence-electron chi connectivity index (χ1n) is 5.46. The minimum absolute atomic E-state index is 0.134. The lowest BCUT2D eigenvalue weighted by Gasteiger charge is -2.19. The van der Waals surface area contributed by atoms with E-state index in [2.05, 4.69) is 30.8 Å². The highest BCUT2D eigenvalue weighted by atomic mass is 32.1. The van der Waals surface area contributed by atoms with Gasteiger partial charge in [0.1, 0.15) is 0 Å². The van der Waals surface area contributed by atoms with E-state index in [1.165, 1.54) is 12.8 Å². The van der Waals surface area contributed by atoms with Crippen molar-refractivity contribution in [2.45, 2.75) is 45.3 Å². The molecular weight excluding hydrogens is 208 g/mol. The molecule has 1 heterocycles. The summed E-state index contributed by atoms with van der Waals surface area (Å²) in [6.07, 6.45) is 2.48. The molecule has 4 heteroatoms. The molecule has 0 bridgehead atoms. The fourth-order valence-electron chi connectivity index (χ4n) is 1.51. The lowest BCUT2D eigenvalue weighted by atomic mass is 10.2. The molecule has 0 aliphatic heterocycles. The first-order chi connectivity index (χ1) is 7.13. The smallest absolute Gasteiger partial charge is 0.185 e. The Balaban J connectivity index is 2.25. The van der Waals surface area contributed by atoms with Crippen LogP contribution in [0.3, 0.4) is 0 Å². The summed E-state index contributed by atoms with van der Waals surface area (Å²) in [5, 5.41) is 10.3. The van der Waals surface area contributed by atoms with Crippen molar-refractivity contribution >= 4 is 16.5 Å². The summed E-state index contributed by atoms with van der Waals surface area (Å²) in [5.74, 6) is 0.623. The van der Waals surface area contributed by atoms with E-state index in [0.29, 0.717) is 12.0 Å². The number of hydrogen-bond donors (Lipinski definition) is 1. The first kappa shape index (κ1) is 10.9. The summed E-state index contributed by atoms with van der Waals surface area (Å²) < 4.78 is 0. The molecule has 0 radical (unpaired) electrons. The van der Waals surface area contributed by atoms with Crippen molar-refractivity contribution in [3.63, 3.8) is 0 Å². The molecular formula is C11H18N2OS. The maximum Gasteiger partial charge on any atom is 0.185 e. The Morgan fingerprint density at radius 1 is 1.53 bits per heavy atom. The van der Waals surface area contributed by atoms with Gasteiger partial charge in [0.2, 0.25) is 0 Å². The van der Waals surface area contributed by atoms with E-state index in [-0.39, 0.29) is 6.61 Å². The SMILES string of the molecule is CC(C)N(C)c1nc(C2CC2)c(CO)s1. The molecule has 0 aromatic carbocycles. The number of nitrogens with zero attached hydrogens (tertiary/aromatic N) is 2. The van der Waals surface area contributed by atoms with Crippen molar-refractivity contribution < 1.29 is 5.11 Å². The maximum atomic E-state index is 9.28. The van der Waals surface area contributed by atoms with E-state index in [9.17, 15) is 5.11 Å². The van der Waals surface area contributed by atoms with Crippen LogP contribution in [0.2, 0.25) is 0 Å². The van der Waals surface area contributed by atoms with Crippen molar-refractivity contribution in [3.8, 4) is 0 Å². The molecule has 15 heavy (non-hydrogen) atoms. The average Bonchev–Trinajstić information content (AvgIpc) is 2.96. The Bertz CT molecular complexity index is 344. The van der Waals surface area contributed by atoms with Crippen LogP contribution in [0.15, 0.2) is 0 Å². The summed E-state index contributed by atoms with van der Waals surface area (Å²) in [4.78, 5) is 7.87. The number of anilines is 1. The van der Waals surface area contributed by atoms with Crippen molar-refractivity contribution in [2.75, 3.05) is 11.9 Å². The minimum Gasteiger partial charge on any atom is -0.391 e. The highest BCUT2D eigenvalue weighted by Gasteiger charge is 2.30. The van der Waals surface area contributed by atoms with E-state index in [4.69, 9.17) is 0 Å². The molecule has 1 aromatic rings. The Morgan fingerprint density at radius 3 is 2.67 bits per heavy atom. The molecule has 1 N–H and O–H groups in total. The number of hydrogen-bond acceptors (Lipinski definition) is 4. The summed E-state index contributed by atoms with van der Waals surface area (Å²) in [6.45, 7) is 4.43. The van der Waals surface area contributed by atoms with Crippen LogP contribution in [-0.4, -0.2) is 23.2 Å². The van der Waals surface area contributed by atoms with Crippen LogP contribution in [0.25, 0.3) is 0 Å². The van der Waals surface area contributed by atoms with Crippen LogP contribution in [0.1, 0.15) is 43.2 Å². The number of thiazole rings is 1. The molecule has 1 aliphatic rings. The molecule has 3 nitrogen and oxygen atoms in total. The minimum atomic E-state index is 0.134. The van der Waals surface area contributed by atoms with Gasteiger partial charge in [-0.3, -0.25) is 0 Å². The van der Waals surface area contributed by atoms with Crippen molar-refractivity contribution in [1.29, 1.82) is 0 Å². The fourth-order valence-corrected chi connectivity index (χ4v) is 2.61. The number of aromatic nitrogens is 1. The zero-order chi connectivity index (χ0) is 11.0. The molecule has 1 aliphatic carbocycles. The molecule has 84 valence electrons. The number of aliphatic hydroxyl groups is 1. The van der Waals surface area contributed by atoms with E-state index in [1.807, 2.05) is 0 Å². The van der Waals surface area contributed by atoms with Gasteiger partial charge in [-0.05, 0) is 26.7 Å². The topological polar surface area (TPSA) is 36.4 Å². The van der Waals surface area contributed by atoms with Gasteiger partial charge in [0.05, 0.1) is 17.2 Å². The maximum absolute atomic E-state index is 9.28. The quantitative estimate of drug-likeness (QED) is 0.856. The Kier molecular flexibility index (Phi) is 2.98. The summed E-state index contributed by atoms with van der Waals surface area (Å²) >= 11 is 1.63. The van der Waals surface area contributed by atoms with Crippen LogP contribution >= 0.6 is 11.3 Å². The number of rotatable bonds is 4. The molecule has 1 saturated carbocycles. The van der Waals surface area contributed by atoms with E-state index < -0.39 is 0 Å². The van der Waals surface area contributed by atoms with Gasteiger partial charge in [-0.25, -0.2) is 4.98 Å². The largest absolute Gasteiger partial charge is 0.391 e. The second-order valence-electron chi connectivity index (χ2n) is 4.44. The van der Waals surface area contributed by atoms with Gasteiger partial charge in [0.25, 0.3) is 0 Å². The second kappa shape index (κ2) is 4.10. The van der Waals surface area contributed by atoms with E-state index >= 15 is 0 Å². The highest BCUT2D eigenvalue weighted by Crippen LogP contribution is 2.44. The van der Waals surface area contributed by atoms with Gasteiger partial charge < -0.3 is 10.0 Å². The van der Waals surface area contributed by atoms with E-state index in [0.717, 1.165) is 15.7 Å². The highest BCUT2D eigenvalue weighted by molar-refractivity contribution is 7.15. The molecule has 0 atom stereocenters. The summed E-state index contributed by atoms with van der Waals surface area (Å²) in [6, 6.07) is 0.453. The zero-order valence-electron chi connectivity index (χ0n) is 9.53. The van der Waals surface area contributed by atoms with Crippen LogP contribution in [-0.2, 0) is 6.61 Å². The van der Waals surface area contributed by atoms with Gasteiger partial charge in [0.15, 0.2) is 5.13 Å². The third kappa shape index (κ3) is 2.16. The Labute approximate surface area is 94.8 Å². The molecule has 1 fully saturated rings. The predicted octanol–water partition coefficient (Wildman–Crippen LogP) is 2.36. The van der Waals surface area contributed by atoms with Gasteiger partial charge in [-0.2, -0.15) is 0 Å². The summed E-state index contributed by atoms with van der Waals surface area (Å²) in [7, 11) is 2.06. The predicted molar refractivity (Wildman–Crippen MR) is 63.6 cm³/mol. The normalized spacial score (nSPS) is 16.1. The average molecular weight is 226 g/mol. The molecule has 2 rings (SSSR count). The Hall–Kier alpha value is -0.610. The molecule has 1 aromatic heterocycles. The van der Waals surface area contributed by atoms with Gasteiger partial charge in [-0.1, -0.05) is 11.3 Å². The monoisotopic (exact) mass is 226 g/mol. The van der Waals surface area contributed by atoms with Crippen LogP contribution in [0.4, 0.5) is 5.13 Å². The van der Waals surface area contributed by atoms with Crippen LogP contribution in [0, 0.1) is 0 Å². The number of aliphatic hydroxyl groups excluding tert-OH is 1. The van der Waals surface area contributed by atoms with Crippen LogP contribution < -0.4 is 4.90 Å². The van der Waals surface area contributed by atoms with Crippen molar-refractivity contribution in [2.24, 2.45) is 0 Å². The zero-order valence-corrected chi connectivity index (χ0v) is 10.3. The molecule has 0 amide bonds. The molecule has 0 saturated heterocycles. The molecule has 0 spiro atoms. The Morgan fingerprint density at radius 2 is 2.20 bits per heavy atom. The fraction of sp³-hybridized carbons (Fsp3) is 0.727. The lowest BCUT2D eigenvalue weighted by Crippen LogP contribution is -2.25. The van der Waals surface area contributed by atoms with Gasteiger partial charge >= 0.3 is 0 Å². The first-order valence-corrected chi connectivity index (χ1v) is 6.28. The summed E-state index contributed by atoms with van der Waals surface area (Å²) in [5.41, 5.74) is 1.14. The van der Waals surface area contributed by atoms with E-state index in [1.54, 1.807) is 11.3 Å². The van der Waals surface area contributed by atoms with Crippen molar-refractivity contribution in [3.05, 3.63) is 10.6 Å². The third-order valence-corrected chi connectivity index (χ3v) is 4.05. The van der Waals surface area contributed by atoms with Crippen LogP contribution in [0.5, 0.6) is 0 Å².